The van der Waals surface area contributed by atoms with Crippen LogP contribution in [0.15, 0.2) is 48.6 Å². The Hall–Kier alpha value is -2.63. The van der Waals surface area contributed by atoms with E-state index in [4.69, 9.17) is 14.2 Å². The van der Waals surface area contributed by atoms with Crippen LogP contribution in [0.3, 0.4) is 0 Å². The summed E-state index contributed by atoms with van der Waals surface area (Å²) in [4.78, 5) is 37.7. The molecule has 0 saturated heterocycles. The molecule has 0 fully saturated rings. The first-order valence-corrected chi connectivity index (χ1v) is 24.6. The molecule has 0 aliphatic heterocycles. The second kappa shape index (κ2) is 47.1. The molecular weight excluding hydrogens is 721 g/mol. The summed E-state index contributed by atoms with van der Waals surface area (Å²) in [5.41, 5.74) is 0. The normalized spacial score (nSPS) is 12.4. The molecule has 6 heteroatoms. The zero-order valence-electron chi connectivity index (χ0n) is 38.3. The average molecular weight is 813 g/mol. The van der Waals surface area contributed by atoms with E-state index in [2.05, 4.69) is 57.2 Å². The van der Waals surface area contributed by atoms with Crippen LogP contribution in [0.25, 0.3) is 0 Å². The van der Waals surface area contributed by atoms with Gasteiger partial charge in [0.2, 0.25) is 0 Å². The van der Waals surface area contributed by atoms with Crippen LogP contribution in [0.4, 0.5) is 0 Å². The first kappa shape index (κ1) is 55.4. The number of esters is 3. The van der Waals surface area contributed by atoms with Gasteiger partial charge in [-0.3, -0.25) is 14.4 Å². The highest BCUT2D eigenvalue weighted by molar-refractivity contribution is 5.71. The van der Waals surface area contributed by atoms with Crippen molar-refractivity contribution in [2.75, 3.05) is 13.2 Å². The maximum atomic E-state index is 12.7. The van der Waals surface area contributed by atoms with Crippen LogP contribution in [0.1, 0.15) is 245 Å². The summed E-state index contributed by atoms with van der Waals surface area (Å²) in [5, 5.41) is 0. The highest BCUT2D eigenvalue weighted by Crippen LogP contribution is 2.15. The molecule has 0 aromatic heterocycles. The van der Waals surface area contributed by atoms with Crippen LogP contribution in [0.2, 0.25) is 0 Å². The zero-order chi connectivity index (χ0) is 42.3. The van der Waals surface area contributed by atoms with E-state index >= 15 is 0 Å². The Morgan fingerprint density at radius 1 is 0.345 bits per heavy atom. The fraction of sp³-hybridized carbons (Fsp3) is 0.788. The minimum atomic E-state index is -0.821. The van der Waals surface area contributed by atoms with Crippen molar-refractivity contribution in [3.05, 3.63) is 48.6 Å². The van der Waals surface area contributed by atoms with Gasteiger partial charge in [0.05, 0.1) is 0 Å². The highest BCUT2D eigenvalue weighted by atomic mass is 16.6. The van der Waals surface area contributed by atoms with E-state index in [0.717, 1.165) is 44.9 Å². The van der Waals surface area contributed by atoms with Crippen LogP contribution >= 0.6 is 0 Å². The van der Waals surface area contributed by atoms with Crippen LogP contribution in [0.5, 0.6) is 0 Å². The molecule has 0 heterocycles. The van der Waals surface area contributed by atoms with Gasteiger partial charge in [0.25, 0.3) is 0 Å². The van der Waals surface area contributed by atoms with Crippen molar-refractivity contribution in [3.8, 4) is 0 Å². The van der Waals surface area contributed by atoms with E-state index in [-0.39, 0.29) is 38.0 Å². The smallest absolute Gasteiger partial charge is 0.306 e. The van der Waals surface area contributed by atoms with Crippen LogP contribution < -0.4 is 0 Å². The van der Waals surface area contributed by atoms with E-state index < -0.39 is 12.1 Å². The topological polar surface area (TPSA) is 78.9 Å². The number of allylic oxidation sites excluding steroid dienone is 8. The molecule has 1 unspecified atom stereocenters. The van der Waals surface area contributed by atoms with Crippen molar-refractivity contribution >= 4 is 17.9 Å². The predicted molar refractivity (Wildman–Crippen MR) is 247 cm³/mol. The molecule has 0 spiro atoms. The third kappa shape index (κ3) is 44.5. The maximum Gasteiger partial charge on any atom is 0.306 e. The Bertz CT molecular complexity index is 1030. The van der Waals surface area contributed by atoms with Gasteiger partial charge >= 0.3 is 17.9 Å². The minimum Gasteiger partial charge on any atom is -0.462 e. The molecule has 0 N–H and O–H groups in total. The summed E-state index contributed by atoms with van der Waals surface area (Å²) in [6, 6.07) is 0. The van der Waals surface area contributed by atoms with Crippen LogP contribution in [-0.2, 0) is 28.6 Å². The van der Waals surface area contributed by atoms with E-state index in [9.17, 15) is 14.4 Å². The number of hydrogen-bond donors (Lipinski definition) is 0. The van der Waals surface area contributed by atoms with E-state index in [1.54, 1.807) is 0 Å². The number of ether oxygens (including phenoxy) is 3. The minimum absolute atomic E-state index is 0.111. The van der Waals surface area contributed by atoms with Gasteiger partial charge in [-0.2, -0.15) is 0 Å². The van der Waals surface area contributed by atoms with Gasteiger partial charge in [-0.1, -0.05) is 217 Å². The number of unbranched alkanes of at least 4 members (excludes halogenated alkanes) is 25. The highest BCUT2D eigenvalue weighted by Gasteiger charge is 2.19. The van der Waals surface area contributed by atoms with E-state index in [1.807, 2.05) is 12.2 Å². The first-order chi connectivity index (χ1) is 28.5. The van der Waals surface area contributed by atoms with E-state index in [1.165, 1.54) is 148 Å². The lowest BCUT2D eigenvalue weighted by Crippen LogP contribution is -2.30. The lowest BCUT2D eigenvalue weighted by atomic mass is 10.0. The molecule has 0 aromatic carbocycles. The molecule has 6 nitrogen and oxygen atoms in total. The van der Waals surface area contributed by atoms with Crippen LogP contribution in [0, 0.1) is 0 Å². The summed E-state index contributed by atoms with van der Waals surface area (Å²) < 4.78 is 16.6. The third-order valence-electron chi connectivity index (χ3n) is 10.6. The second-order valence-electron chi connectivity index (χ2n) is 16.4. The largest absolute Gasteiger partial charge is 0.462 e. The Labute approximate surface area is 358 Å². The van der Waals surface area contributed by atoms with Gasteiger partial charge in [0.15, 0.2) is 6.10 Å². The van der Waals surface area contributed by atoms with Gasteiger partial charge in [-0.15, -0.1) is 0 Å². The van der Waals surface area contributed by atoms with Crippen molar-refractivity contribution in [1.29, 1.82) is 0 Å². The molecule has 0 radical (unpaired) electrons. The zero-order valence-corrected chi connectivity index (χ0v) is 38.3. The molecule has 0 aliphatic rings. The Morgan fingerprint density at radius 2 is 0.655 bits per heavy atom. The molecule has 0 amide bonds. The van der Waals surface area contributed by atoms with Gasteiger partial charge in [0, 0.05) is 19.3 Å². The molecule has 0 bridgehead atoms. The maximum absolute atomic E-state index is 12.7. The standard InChI is InChI=1S/C52H92O6/c1-4-7-10-13-16-19-22-23-24-25-26-27-28-29-30-31-34-36-39-42-45-51(54)57-48-49(58-52(55)46-43-40-37-33-21-18-15-12-9-6-3)47-56-50(53)44-41-38-35-32-20-17-14-11-8-5-2/h17-18,20-21,35,37-38,40,49H,4-16,19,22-34,36,39,41-48H2,1-3H3/b20-17-,21-18+,38-35+,40-37-. The number of carbonyl (C=O) groups excluding carboxylic acids is 3. The lowest BCUT2D eigenvalue weighted by molar-refractivity contribution is -0.166. The summed E-state index contributed by atoms with van der Waals surface area (Å²) >= 11 is 0. The monoisotopic (exact) mass is 813 g/mol. The third-order valence-corrected chi connectivity index (χ3v) is 10.6. The van der Waals surface area contributed by atoms with Gasteiger partial charge in [0.1, 0.15) is 13.2 Å². The summed E-state index contributed by atoms with van der Waals surface area (Å²) in [6.07, 6.45) is 55.7. The van der Waals surface area contributed by atoms with Crippen molar-refractivity contribution in [2.24, 2.45) is 0 Å². The molecule has 336 valence electrons. The van der Waals surface area contributed by atoms with Gasteiger partial charge in [-0.25, -0.2) is 0 Å². The average Bonchev–Trinajstić information content (AvgIpc) is 3.22. The molecule has 0 aliphatic carbocycles. The van der Waals surface area contributed by atoms with Gasteiger partial charge in [-0.05, 0) is 57.8 Å². The molecule has 0 saturated carbocycles. The number of rotatable bonds is 44. The van der Waals surface area contributed by atoms with Crippen molar-refractivity contribution in [1.82, 2.24) is 0 Å². The lowest BCUT2D eigenvalue weighted by Gasteiger charge is -2.18. The number of carbonyl (C=O) groups is 3. The first-order valence-electron chi connectivity index (χ1n) is 24.6. The quantitative estimate of drug-likeness (QED) is 0.0264. The fourth-order valence-electron chi connectivity index (χ4n) is 6.84. The van der Waals surface area contributed by atoms with Gasteiger partial charge < -0.3 is 14.2 Å². The summed E-state index contributed by atoms with van der Waals surface area (Å²) in [7, 11) is 0. The molecule has 58 heavy (non-hydrogen) atoms. The molecular formula is C52H92O6. The van der Waals surface area contributed by atoms with Crippen LogP contribution in [-0.4, -0.2) is 37.2 Å². The predicted octanol–water partition coefficient (Wildman–Crippen LogP) is 15.9. The SMILES string of the molecule is CCCCC/C=C\C/C=C/CCC(=O)OCC(COC(=O)CCCCCCCCCCCCCCCCCCCCCC)OC(=O)CC/C=C\C/C=C/CCCCC. The molecule has 0 rings (SSSR count). The fourth-order valence-corrected chi connectivity index (χ4v) is 6.84. The molecule has 0 aromatic rings. The van der Waals surface area contributed by atoms with Crippen molar-refractivity contribution in [2.45, 2.75) is 252 Å². The summed E-state index contributed by atoms with van der Waals surface area (Å²) in [6.45, 7) is 6.46. The molecule has 1 atom stereocenters. The number of hydrogen-bond acceptors (Lipinski definition) is 6. The Kier molecular flexibility index (Phi) is 44.9. The van der Waals surface area contributed by atoms with Crippen molar-refractivity contribution in [3.63, 3.8) is 0 Å². The Balaban J connectivity index is 4.29. The second-order valence-corrected chi connectivity index (χ2v) is 16.4. The van der Waals surface area contributed by atoms with E-state index in [0.29, 0.717) is 19.3 Å². The summed E-state index contributed by atoms with van der Waals surface area (Å²) in [5.74, 6) is -1.05. The Morgan fingerprint density at radius 3 is 1.05 bits per heavy atom. The van der Waals surface area contributed by atoms with Crippen molar-refractivity contribution < 1.29 is 28.6 Å².